The first-order chi connectivity index (χ1) is 24.1. The lowest BCUT2D eigenvalue weighted by Gasteiger charge is -2.29. The van der Waals surface area contributed by atoms with Crippen LogP contribution in [0.2, 0.25) is 5.02 Å². The average Bonchev–Trinajstić information content (AvgIpc) is 3.68. The molecule has 0 spiro atoms. The van der Waals surface area contributed by atoms with Crippen molar-refractivity contribution in [3.05, 3.63) is 166 Å². The number of hydrogen-bond acceptors (Lipinski definition) is 2. The Morgan fingerprint density at radius 2 is 1.44 bits per heavy atom. The number of rotatable bonds is 8. The zero-order valence-corrected chi connectivity index (χ0v) is 31.4. The quantitative estimate of drug-likeness (QED) is 0.172. The van der Waals surface area contributed by atoms with E-state index in [0.717, 1.165) is 42.3 Å². The van der Waals surface area contributed by atoms with Crippen molar-refractivity contribution in [3.63, 3.8) is 0 Å². The van der Waals surface area contributed by atoms with Gasteiger partial charge in [0.15, 0.2) is 5.71 Å². The van der Waals surface area contributed by atoms with Gasteiger partial charge in [0, 0.05) is 57.4 Å². The summed E-state index contributed by atoms with van der Waals surface area (Å²) < 4.78 is 2.45. The van der Waals surface area contributed by atoms with E-state index in [1.54, 1.807) is 0 Å². The SMILES string of the molecule is CCN1/C(=C/C=C2\CCC(/C=C/C3=[N+](CC)c4ccc(Cl)cc4C3(C)C)=C2N(c2ccccc2)c2ccccc2)C(C)(C)c2cc(C)ccc21. The largest absolute Gasteiger partial charge is 0.344 e. The monoisotopic (exact) mass is 678 g/mol. The maximum atomic E-state index is 6.53. The highest BCUT2D eigenvalue weighted by Crippen LogP contribution is 2.49. The van der Waals surface area contributed by atoms with Crippen molar-refractivity contribution in [2.75, 3.05) is 22.9 Å². The molecule has 0 aromatic heterocycles. The Morgan fingerprint density at radius 1 is 0.760 bits per heavy atom. The van der Waals surface area contributed by atoms with Crippen LogP contribution in [0.4, 0.5) is 22.7 Å². The summed E-state index contributed by atoms with van der Waals surface area (Å²) >= 11 is 6.53. The molecule has 4 aromatic rings. The van der Waals surface area contributed by atoms with Gasteiger partial charge in [0.2, 0.25) is 5.69 Å². The Labute approximate surface area is 304 Å². The Bertz CT molecular complexity index is 2050. The molecule has 3 nitrogen and oxygen atoms in total. The van der Waals surface area contributed by atoms with Crippen LogP contribution in [-0.4, -0.2) is 23.4 Å². The molecule has 4 aromatic carbocycles. The van der Waals surface area contributed by atoms with E-state index in [2.05, 4.69) is 178 Å². The molecule has 0 N–H and O–H groups in total. The highest BCUT2D eigenvalue weighted by atomic mass is 35.5. The van der Waals surface area contributed by atoms with E-state index in [1.165, 1.54) is 56.3 Å². The van der Waals surface area contributed by atoms with Crippen molar-refractivity contribution in [2.45, 2.75) is 72.1 Å². The third kappa shape index (κ3) is 5.76. The van der Waals surface area contributed by atoms with Crippen LogP contribution in [-0.2, 0) is 10.8 Å². The van der Waals surface area contributed by atoms with Gasteiger partial charge in [-0.3, -0.25) is 0 Å². The molecule has 50 heavy (non-hydrogen) atoms. The third-order valence-corrected chi connectivity index (χ3v) is 11.2. The first-order valence-electron chi connectivity index (χ1n) is 18.1. The van der Waals surface area contributed by atoms with E-state index in [4.69, 9.17) is 11.6 Å². The molecule has 2 heterocycles. The average molecular weight is 679 g/mol. The molecule has 1 aliphatic carbocycles. The first-order valence-corrected chi connectivity index (χ1v) is 18.5. The van der Waals surface area contributed by atoms with Gasteiger partial charge < -0.3 is 9.80 Å². The Balaban J connectivity index is 1.40. The lowest BCUT2D eigenvalue weighted by atomic mass is 9.81. The van der Waals surface area contributed by atoms with Gasteiger partial charge in [-0.2, -0.15) is 4.58 Å². The molecule has 4 heteroatoms. The lowest BCUT2D eigenvalue weighted by molar-refractivity contribution is -0.433. The van der Waals surface area contributed by atoms with Crippen LogP contribution in [0.25, 0.3) is 0 Å². The maximum absolute atomic E-state index is 6.53. The van der Waals surface area contributed by atoms with Crippen LogP contribution in [0.15, 0.2) is 144 Å². The fraction of sp³-hybridized carbons (Fsp3) is 0.283. The predicted octanol–water partition coefficient (Wildman–Crippen LogP) is 12.1. The second-order valence-electron chi connectivity index (χ2n) is 14.8. The molecule has 254 valence electrons. The smallest absolute Gasteiger partial charge is 0.209 e. The normalized spacial score (nSPS) is 19.3. The molecule has 0 atom stereocenters. The summed E-state index contributed by atoms with van der Waals surface area (Å²) in [7, 11) is 0. The molecule has 0 unspecified atom stereocenters. The summed E-state index contributed by atoms with van der Waals surface area (Å²) in [5.41, 5.74) is 15.2. The number of benzene rings is 4. The number of nitrogens with zero attached hydrogens (tertiary/aromatic N) is 3. The minimum Gasteiger partial charge on any atom is -0.344 e. The van der Waals surface area contributed by atoms with Crippen LogP contribution < -0.4 is 9.80 Å². The first kappa shape index (κ1) is 33.9. The van der Waals surface area contributed by atoms with E-state index >= 15 is 0 Å². The number of anilines is 3. The second kappa shape index (κ2) is 13.3. The summed E-state index contributed by atoms with van der Waals surface area (Å²) in [6.45, 7) is 17.9. The van der Waals surface area contributed by atoms with E-state index in [0.29, 0.717) is 0 Å². The lowest BCUT2D eigenvalue weighted by Crippen LogP contribution is -2.27. The minimum absolute atomic E-state index is 0.0929. The maximum Gasteiger partial charge on any atom is 0.209 e. The van der Waals surface area contributed by atoms with Gasteiger partial charge in [-0.1, -0.05) is 91.7 Å². The number of hydrogen-bond donors (Lipinski definition) is 0. The molecule has 0 bridgehead atoms. The highest BCUT2D eigenvalue weighted by Gasteiger charge is 2.44. The Hall–Kier alpha value is -4.60. The predicted molar refractivity (Wildman–Crippen MR) is 214 cm³/mol. The van der Waals surface area contributed by atoms with Crippen LogP contribution in [0, 0.1) is 6.92 Å². The van der Waals surface area contributed by atoms with Gasteiger partial charge >= 0.3 is 0 Å². The molecule has 0 saturated carbocycles. The summed E-state index contributed by atoms with van der Waals surface area (Å²) in [5, 5.41) is 0.787. The third-order valence-electron chi connectivity index (χ3n) is 10.9. The molecular formula is C46H49ClN3+. The Kier molecular flexibility index (Phi) is 8.99. The van der Waals surface area contributed by atoms with Crippen molar-refractivity contribution in [3.8, 4) is 0 Å². The van der Waals surface area contributed by atoms with Crippen molar-refractivity contribution >= 4 is 40.1 Å². The topological polar surface area (TPSA) is 9.49 Å². The van der Waals surface area contributed by atoms with Crippen LogP contribution >= 0.6 is 11.6 Å². The van der Waals surface area contributed by atoms with Crippen molar-refractivity contribution in [2.24, 2.45) is 0 Å². The number of likely N-dealkylation sites (N-methyl/N-ethyl adjacent to an activating group) is 1. The standard InChI is InChI=1S/C46H49ClN3/c1-8-48-40-26-20-32(3)30-38(40)45(4,5)42(48)28-23-33-21-22-34(44(33)50(36-16-12-10-13-17-36)37-18-14-11-15-19-37)24-29-43-46(6,7)39-31-35(47)25-27-41(39)49(43)9-2/h10-20,23-31H,8-9,21-22H2,1-7H3/q+1. The zero-order chi connectivity index (χ0) is 35.2. The van der Waals surface area contributed by atoms with Crippen LogP contribution in [0.3, 0.4) is 0 Å². The van der Waals surface area contributed by atoms with Gasteiger partial charge in [-0.15, -0.1) is 0 Å². The molecule has 0 radical (unpaired) electrons. The number of para-hydroxylation sites is 2. The van der Waals surface area contributed by atoms with Gasteiger partial charge in [0.25, 0.3) is 0 Å². The van der Waals surface area contributed by atoms with Crippen molar-refractivity contribution in [1.82, 2.24) is 0 Å². The van der Waals surface area contributed by atoms with Crippen molar-refractivity contribution < 1.29 is 4.58 Å². The summed E-state index contributed by atoms with van der Waals surface area (Å²) in [6, 6.07) is 34.9. The van der Waals surface area contributed by atoms with E-state index in [-0.39, 0.29) is 10.8 Å². The molecule has 0 saturated heterocycles. The van der Waals surface area contributed by atoms with E-state index < -0.39 is 0 Å². The van der Waals surface area contributed by atoms with Gasteiger partial charge in [0.05, 0.1) is 11.1 Å². The Morgan fingerprint density at radius 3 is 2.08 bits per heavy atom. The molecule has 2 aliphatic heterocycles. The second-order valence-corrected chi connectivity index (χ2v) is 15.2. The van der Waals surface area contributed by atoms with E-state index in [1.807, 2.05) is 6.07 Å². The molecule has 0 fully saturated rings. The molecular weight excluding hydrogens is 630 g/mol. The van der Waals surface area contributed by atoms with E-state index in [9.17, 15) is 0 Å². The van der Waals surface area contributed by atoms with Gasteiger partial charge in [-0.25, -0.2) is 0 Å². The number of fused-ring (bicyclic) bond motifs is 2. The number of aryl methyl sites for hydroxylation is 1. The molecule has 3 aliphatic rings. The summed E-state index contributed by atoms with van der Waals surface area (Å²) in [4.78, 5) is 4.96. The zero-order valence-electron chi connectivity index (χ0n) is 30.6. The molecule has 7 rings (SSSR count). The van der Waals surface area contributed by atoms with Crippen molar-refractivity contribution in [1.29, 1.82) is 0 Å². The van der Waals surface area contributed by atoms with Gasteiger partial charge in [0.1, 0.15) is 6.54 Å². The minimum atomic E-state index is -0.168. The van der Waals surface area contributed by atoms with Crippen LogP contribution in [0.1, 0.15) is 71.1 Å². The summed E-state index contributed by atoms with van der Waals surface area (Å²) in [6.07, 6.45) is 11.5. The van der Waals surface area contributed by atoms with Crippen LogP contribution in [0.5, 0.6) is 0 Å². The van der Waals surface area contributed by atoms with Gasteiger partial charge in [-0.05, 0) is 113 Å². The number of halogens is 1. The highest BCUT2D eigenvalue weighted by molar-refractivity contribution is 6.30. The fourth-order valence-corrected chi connectivity index (χ4v) is 8.54. The fourth-order valence-electron chi connectivity index (χ4n) is 8.36. The number of allylic oxidation sites excluding steroid dienone is 7. The molecule has 0 amide bonds. The summed E-state index contributed by atoms with van der Waals surface area (Å²) in [5.74, 6) is 0.